The molecule has 1 aliphatic carbocycles. The Morgan fingerprint density at radius 3 is 2.48 bits per heavy atom. The second-order valence-electron chi connectivity index (χ2n) is 6.84. The van der Waals surface area contributed by atoms with Crippen LogP contribution >= 0.6 is 11.6 Å². The van der Waals surface area contributed by atoms with Crippen molar-refractivity contribution in [3.8, 4) is 0 Å². The fourth-order valence-electron chi connectivity index (χ4n) is 3.71. The molecule has 1 N–H and O–H groups in total. The lowest BCUT2D eigenvalue weighted by atomic mass is 10.1. The van der Waals surface area contributed by atoms with Gasteiger partial charge in [-0.15, -0.1) is 0 Å². The molecule has 1 heterocycles. The Kier molecular flexibility index (Phi) is 4.94. The van der Waals surface area contributed by atoms with E-state index in [4.69, 9.17) is 11.6 Å². The molecule has 1 saturated carbocycles. The fourth-order valence-corrected chi connectivity index (χ4v) is 3.93. The number of benzene rings is 2. The molecule has 0 spiro atoms. The van der Waals surface area contributed by atoms with E-state index in [1.807, 2.05) is 24.3 Å². The third-order valence-corrected chi connectivity index (χ3v) is 5.44. The summed E-state index contributed by atoms with van der Waals surface area (Å²) in [6, 6.07) is 14.5. The Bertz CT molecular complexity index is 1050. The molecule has 0 unspecified atom stereocenters. The summed E-state index contributed by atoms with van der Waals surface area (Å²) in [5, 5.41) is 9.33. The van der Waals surface area contributed by atoms with Crippen LogP contribution in [-0.4, -0.2) is 15.7 Å². The van der Waals surface area contributed by atoms with Crippen molar-refractivity contribution in [1.29, 1.82) is 0 Å². The predicted octanol–water partition coefficient (Wildman–Crippen LogP) is 4.10. The number of hydrogen-bond donors (Lipinski definition) is 1. The number of carbonyl (C=O) groups excluding carboxylic acids is 1. The standard InChI is InChI=1S/C21H20ClN3O2/c22-18-12-6-5-11-17(18)20(26)23-13-19-15-9-3-4-10-16(15)21(27)25(24-19)14-7-1-2-8-14/h3-6,9-12,14H,1-2,7-8,13H2,(H,23,26). The van der Waals surface area contributed by atoms with Crippen LogP contribution in [-0.2, 0) is 6.54 Å². The summed E-state index contributed by atoms with van der Waals surface area (Å²) in [5.74, 6) is -0.259. The van der Waals surface area contributed by atoms with Gasteiger partial charge >= 0.3 is 0 Å². The van der Waals surface area contributed by atoms with Crippen LogP contribution in [0.5, 0.6) is 0 Å². The average molecular weight is 382 g/mol. The van der Waals surface area contributed by atoms with Gasteiger partial charge in [-0.2, -0.15) is 5.10 Å². The minimum absolute atomic E-state index is 0.0568. The van der Waals surface area contributed by atoms with E-state index in [1.54, 1.807) is 28.9 Å². The zero-order valence-electron chi connectivity index (χ0n) is 14.8. The van der Waals surface area contributed by atoms with Crippen molar-refractivity contribution in [3.05, 3.63) is 75.2 Å². The van der Waals surface area contributed by atoms with E-state index in [0.29, 0.717) is 21.7 Å². The molecule has 0 aliphatic heterocycles. The summed E-state index contributed by atoms with van der Waals surface area (Å²) < 4.78 is 1.62. The van der Waals surface area contributed by atoms with Crippen LogP contribution in [0.15, 0.2) is 53.3 Å². The lowest BCUT2D eigenvalue weighted by molar-refractivity contribution is 0.0950. The lowest BCUT2D eigenvalue weighted by Gasteiger charge is -2.16. The quantitative estimate of drug-likeness (QED) is 0.740. The van der Waals surface area contributed by atoms with E-state index in [0.717, 1.165) is 31.1 Å². The maximum Gasteiger partial charge on any atom is 0.274 e. The largest absolute Gasteiger partial charge is 0.346 e. The van der Waals surface area contributed by atoms with Gasteiger partial charge in [-0.25, -0.2) is 4.68 Å². The molecular weight excluding hydrogens is 362 g/mol. The van der Waals surface area contributed by atoms with E-state index in [-0.39, 0.29) is 24.1 Å². The number of amides is 1. The Labute approximate surface area is 162 Å². The molecule has 5 nitrogen and oxygen atoms in total. The number of aromatic nitrogens is 2. The van der Waals surface area contributed by atoms with Gasteiger partial charge in [-0.05, 0) is 31.0 Å². The normalized spacial score (nSPS) is 14.6. The summed E-state index contributed by atoms with van der Waals surface area (Å²) in [6.07, 6.45) is 4.17. The lowest BCUT2D eigenvalue weighted by Crippen LogP contribution is -2.30. The van der Waals surface area contributed by atoms with Crippen molar-refractivity contribution in [1.82, 2.24) is 15.1 Å². The smallest absolute Gasteiger partial charge is 0.274 e. The van der Waals surface area contributed by atoms with E-state index in [1.165, 1.54) is 0 Å². The van der Waals surface area contributed by atoms with Crippen molar-refractivity contribution in [2.75, 3.05) is 0 Å². The SMILES string of the molecule is O=C(NCc1nn(C2CCCC2)c(=O)c2ccccc12)c1ccccc1Cl. The Hall–Kier alpha value is -2.66. The molecule has 3 aromatic rings. The van der Waals surface area contributed by atoms with Crippen molar-refractivity contribution in [3.63, 3.8) is 0 Å². The molecule has 0 bridgehead atoms. The first kappa shape index (κ1) is 17.7. The molecule has 1 aliphatic rings. The topological polar surface area (TPSA) is 64.0 Å². The molecule has 1 aromatic heterocycles. The highest BCUT2D eigenvalue weighted by atomic mass is 35.5. The molecule has 1 amide bonds. The number of nitrogens with one attached hydrogen (secondary N) is 1. The molecule has 0 radical (unpaired) electrons. The second-order valence-corrected chi connectivity index (χ2v) is 7.25. The molecule has 0 atom stereocenters. The van der Waals surface area contributed by atoms with Crippen LogP contribution in [0.2, 0.25) is 5.02 Å². The summed E-state index contributed by atoms with van der Waals surface area (Å²) in [6.45, 7) is 0.234. The van der Waals surface area contributed by atoms with E-state index < -0.39 is 0 Å². The van der Waals surface area contributed by atoms with Crippen LogP contribution in [0.3, 0.4) is 0 Å². The number of rotatable bonds is 4. The monoisotopic (exact) mass is 381 g/mol. The van der Waals surface area contributed by atoms with Gasteiger partial charge in [0.2, 0.25) is 0 Å². The summed E-state index contributed by atoms with van der Waals surface area (Å²) in [4.78, 5) is 25.4. The molecule has 6 heteroatoms. The van der Waals surface area contributed by atoms with Gasteiger partial charge in [-0.3, -0.25) is 9.59 Å². The van der Waals surface area contributed by atoms with Crippen LogP contribution < -0.4 is 10.9 Å². The van der Waals surface area contributed by atoms with Crippen LogP contribution in [0.4, 0.5) is 0 Å². The number of nitrogens with zero attached hydrogens (tertiary/aromatic N) is 2. The first-order chi connectivity index (χ1) is 13.1. The third-order valence-electron chi connectivity index (χ3n) is 5.11. The van der Waals surface area contributed by atoms with Gasteiger partial charge < -0.3 is 5.32 Å². The maximum absolute atomic E-state index is 12.9. The van der Waals surface area contributed by atoms with Gasteiger partial charge in [0, 0.05) is 5.39 Å². The molecule has 1 fully saturated rings. The van der Waals surface area contributed by atoms with Gasteiger partial charge in [0.1, 0.15) is 0 Å². The summed E-state index contributed by atoms with van der Waals surface area (Å²) in [7, 11) is 0. The molecular formula is C21H20ClN3O2. The van der Waals surface area contributed by atoms with Crippen molar-refractivity contribution < 1.29 is 4.79 Å². The highest BCUT2D eigenvalue weighted by molar-refractivity contribution is 6.33. The van der Waals surface area contributed by atoms with Crippen molar-refractivity contribution in [2.45, 2.75) is 38.3 Å². The number of halogens is 1. The number of hydrogen-bond acceptors (Lipinski definition) is 3. The highest BCUT2D eigenvalue weighted by Crippen LogP contribution is 2.28. The van der Waals surface area contributed by atoms with Crippen molar-refractivity contribution >= 4 is 28.3 Å². The molecule has 0 saturated heterocycles. The average Bonchev–Trinajstić information content (AvgIpc) is 3.22. The first-order valence-electron chi connectivity index (χ1n) is 9.18. The van der Waals surface area contributed by atoms with Gasteiger partial charge in [0.25, 0.3) is 11.5 Å². The molecule has 4 rings (SSSR count). The maximum atomic E-state index is 12.9. The minimum Gasteiger partial charge on any atom is -0.346 e. The van der Waals surface area contributed by atoms with Crippen LogP contribution in [0.1, 0.15) is 47.8 Å². The fraction of sp³-hybridized carbons (Fsp3) is 0.286. The zero-order chi connectivity index (χ0) is 18.8. The Balaban J connectivity index is 1.68. The zero-order valence-corrected chi connectivity index (χ0v) is 15.6. The van der Waals surface area contributed by atoms with Crippen molar-refractivity contribution in [2.24, 2.45) is 0 Å². The highest BCUT2D eigenvalue weighted by Gasteiger charge is 2.21. The summed E-state index contributed by atoms with van der Waals surface area (Å²) >= 11 is 6.11. The van der Waals surface area contributed by atoms with Gasteiger partial charge in [0.05, 0.1) is 34.3 Å². The second kappa shape index (κ2) is 7.53. The first-order valence-corrected chi connectivity index (χ1v) is 9.56. The molecule has 2 aromatic carbocycles. The van der Waals surface area contributed by atoms with E-state index in [2.05, 4.69) is 10.4 Å². The predicted molar refractivity (Wildman–Crippen MR) is 106 cm³/mol. The Morgan fingerprint density at radius 2 is 1.74 bits per heavy atom. The number of fused-ring (bicyclic) bond motifs is 1. The van der Waals surface area contributed by atoms with E-state index >= 15 is 0 Å². The van der Waals surface area contributed by atoms with Crippen LogP contribution in [0, 0.1) is 0 Å². The van der Waals surface area contributed by atoms with Crippen LogP contribution in [0.25, 0.3) is 10.8 Å². The van der Waals surface area contributed by atoms with E-state index in [9.17, 15) is 9.59 Å². The minimum atomic E-state index is -0.259. The summed E-state index contributed by atoms with van der Waals surface area (Å²) in [5.41, 5.74) is 1.06. The molecule has 138 valence electrons. The van der Waals surface area contributed by atoms with Gasteiger partial charge in [-0.1, -0.05) is 54.8 Å². The van der Waals surface area contributed by atoms with Gasteiger partial charge in [0.15, 0.2) is 0 Å². The Morgan fingerprint density at radius 1 is 1.07 bits per heavy atom. The number of carbonyl (C=O) groups is 1. The molecule has 27 heavy (non-hydrogen) atoms. The third kappa shape index (κ3) is 3.47.